The number of benzene rings is 1. The molecule has 0 N–H and O–H groups in total. The summed E-state index contributed by atoms with van der Waals surface area (Å²) in [6.07, 6.45) is 3.34. The third-order valence-corrected chi connectivity index (χ3v) is 3.50. The van der Waals surface area contributed by atoms with Crippen LogP contribution in [0.3, 0.4) is 0 Å². The van der Waals surface area contributed by atoms with E-state index < -0.39 is 5.41 Å². The summed E-state index contributed by atoms with van der Waals surface area (Å²) in [6.45, 7) is 0. The van der Waals surface area contributed by atoms with E-state index in [0.717, 1.165) is 24.8 Å². The number of rotatable bonds is 3. The highest BCUT2D eigenvalue weighted by Crippen LogP contribution is 2.42. The van der Waals surface area contributed by atoms with Crippen molar-refractivity contribution in [2.24, 2.45) is 0 Å². The van der Waals surface area contributed by atoms with Crippen molar-refractivity contribution in [2.45, 2.75) is 31.1 Å². The number of hydrogen-bond donors (Lipinski definition) is 0. The van der Waals surface area contributed by atoms with E-state index in [9.17, 15) is 5.26 Å². The highest BCUT2D eigenvalue weighted by atomic mass is 16.4. The van der Waals surface area contributed by atoms with Crippen LogP contribution < -0.4 is 0 Å². The molecule has 0 amide bonds. The fourth-order valence-electron chi connectivity index (χ4n) is 2.19. The molecule has 0 saturated heterocycles. The zero-order valence-electron chi connectivity index (χ0n) is 9.97. The van der Waals surface area contributed by atoms with Gasteiger partial charge in [0.15, 0.2) is 0 Å². The minimum Gasteiger partial charge on any atom is -0.423 e. The van der Waals surface area contributed by atoms with Crippen LogP contribution in [0.25, 0.3) is 0 Å². The lowest BCUT2D eigenvalue weighted by Gasteiger charge is -2.30. The summed E-state index contributed by atoms with van der Waals surface area (Å²) >= 11 is 0. The Morgan fingerprint density at radius 3 is 2.61 bits per heavy atom. The molecule has 0 aliphatic heterocycles. The van der Waals surface area contributed by atoms with Gasteiger partial charge in [0.25, 0.3) is 0 Å². The van der Waals surface area contributed by atoms with E-state index in [1.807, 2.05) is 30.3 Å². The molecule has 4 heteroatoms. The third kappa shape index (κ3) is 1.78. The van der Waals surface area contributed by atoms with Crippen LogP contribution in [-0.2, 0) is 11.8 Å². The summed E-state index contributed by atoms with van der Waals surface area (Å²) in [7, 11) is 0. The summed E-state index contributed by atoms with van der Waals surface area (Å²) in [4.78, 5) is 0. The maximum atomic E-state index is 9.21. The van der Waals surface area contributed by atoms with E-state index >= 15 is 0 Å². The van der Waals surface area contributed by atoms with Gasteiger partial charge in [0.2, 0.25) is 11.8 Å². The normalized spacial score (nSPS) is 16.8. The van der Waals surface area contributed by atoms with E-state index in [-0.39, 0.29) is 0 Å². The summed E-state index contributed by atoms with van der Waals surface area (Å²) in [5.41, 5.74) is 0.620. The van der Waals surface area contributed by atoms with Crippen LogP contribution in [0.1, 0.15) is 36.6 Å². The summed E-state index contributed by atoms with van der Waals surface area (Å²) in [5.74, 6) is 1.07. The molecule has 1 aliphatic rings. The Morgan fingerprint density at radius 1 is 1.22 bits per heavy atom. The molecule has 0 bridgehead atoms. The SMILES string of the molecule is N#CC1(c2nnc(Cc3ccccc3)o2)CCC1. The molecule has 4 nitrogen and oxygen atoms in total. The molecule has 0 unspecified atom stereocenters. The number of nitrogens with zero attached hydrogens (tertiary/aromatic N) is 3. The molecule has 3 rings (SSSR count). The summed E-state index contributed by atoms with van der Waals surface area (Å²) in [5, 5.41) is 17.3. The molecular weight excluding hydrogens is 226 g/mol. The lowest BCUT2D eigenvalue weighted by molar-refractivity contribution is 0.253. The van der Waals surface area contributed by atoms with Gasteiger partial charge in [-0.3, -0.25) is 0 Å². The zero-order chi connectivity index (χ0) is 12.4. The lowest BCUT2D eigenvalue weighted by Crippen LogP contribution is -2.32. The Morgan fingerprint density at radius 2 is 2.00 bits per heavy atom. The lowest BCUT2D eigenvalue weighted by atomic mass is 9.70. The van der Waals surface area contributed by atoms with Crippen molar-refractivity contribution in [2.75, 3.05) is 0 Å². The number of hydrogen-bond acceptors (Lipinski definition) is 4. The van der Waals surface area contributed by atoms with E-state index in [1.165, 1.54) is 0 Å². The molecule has 1 fully saturated rings. The standard InChI is InChI=1S/C14H13N3O/c15-10-14(7-4-8-14)13-17-16-12(18-13)9-11-5-2-1-3-6-11/h1-3,5-6H,4,7-9H2. The topological polar surface area (TPSA) is 62.7 Å². The van der Waals surface area contributed by atoms with Gasteiger partial charge in [0.1, 0.15) is 5.41 Å². The fourth-order valence-corrected chi connectivity index (χ4v) is 2.19. The van der Waals surface area contributed by atoms with Crippen LogP contribution in [0.15, 0.2) is 34.7 Å². The summed E-state index contributed by atoms with van der Waals surface area (Å²) in [6, 6.07) is 12.3. The number of nitriles is 1. The fraction of sp³-hybridized carbons (Fsp3) is 0.357. The average molecular weight is 239 g/mol. The molecule has 1 aromatic carbocycles. The smallest absolute Gasteiger partial charge is 0.236 e. The molecule has 0 atom stereocenters. The third-order valence-electron chi connectivity index (χ3n) is 3.50. The average Bonchev–Trinajstić information content (AvgIpc) is 2.79. The summed E-state index contributed by atoms with van der Waals surface area (Å²) < 4.78 is 5.64. The first-order chi connectivity index (χ1) is 8.82. The van der Waals surface area contributed by atoms with Crippen molar-refractivity contribution in [3.05, 3.63) is 47.7 Å². The predicted molar refractivity (Wildman–Crippen MR) is 64.7 cm³/mol. The van der Waals surface area contributed by atoms with Crippen molar-refractivity contribution >= 4 is 0 Å². The number of aromatic nitrogens is 2. The minimum atomic E-state index is -0.512. The molecule has 1 saturated carbocycles. The first-order valence-corrected chi connectivity index (χ1v) is 6.10. The molecule has 1 aromatic heterocycles. The van der Waals surface area contributed by atoms with Gasteiger partial charge < -0.3 is 4.42 Å². The van der Waals surface area contributed by atoms with Crippen molar-refractivity contribution in [3.63, 3.8) is 0 Å². The van der Waals surface area contributed by atoms with E-state index in [1.54, 1.807) is 0 Å². The Bertz CT molecular complexity index is 579. The Hall–Kier alpha value is -2.15. The second kappa shape index (κ2) is 4.26. The van der Waals surface area contributed by atoms with Gasteiger partial charge in [0.05, 0.1) is 12.5 Å². The Kier molecular flexibility index (Phi) is 2.60. The van der Waals surface area contributed by atoms with E-state index in [0.29, 0.717) is 18.2 Å². The van der Waals surface area contributed by atoms with Crippen molar-refractivity contribution < 1.29 is 4.42 Å². The highest BCUT2D eigenvalue weighted by Gasteiger charge is 2.44. The highest BCUT2D eigenvalue weighted by molar-refractivity contribution is 5.23. The first-order valence-electron chi connectivity index (χ1n) is 6.10. The van der Waals surface area contributed by atoms with Gasteiger partial charge in [-0.15, -0.1) is 10.2 Å². The molecular formula is C14H13N3O. The quantitative estimate of drug-likeness (QED) is 0.825. The monoisotopic (exact) mass is 239 g/mol. The molecule has 18 heavy (non-hydrogen) atoms. The predicted octanol–water partition coefficient (Wildman–Crippen LogP) is 2.61. The second-order valence-electron chi connectivity index (χ2n) is 4.71. The van der Waals surface area contributed by atoms with Gasteiger partial charge in [-0.25, -0.2) is 0 Å². The van der Waals surface area contributed by atoms with Gasteiger partial charge in [-0.05, 0) is 24.8 Å². The van der Waals surface area contributed by atoms with Crippen LogP contribution in [-0.4, -0.2) is 10.2 Å². The zero-order valence-corrected chi connectivity index (χ0v) is 9.97. The second-order valence-corrected chi connectivity index (χ2v) is 4.71. The Balaban J connectivity index is 1.80. The Labute approximate surface area is 105 Å². The molecule has 1 aliphatic carbocycles. The van der Waals surface area contributed by atoms with Crippen LogP contribution in [0.2, 0.25) is 0 Å². The van der Waals surface area contributed by atoms with Gasteiger partial charge in [0, 0.05) is 0 Å². The van der Waals surface area contributed by atoms with Crippen molar-refractivity contribution in [1.29, 1.82) is 5.26 Å². The van der Waals surface area contributed by atoms with E-state index in [2.05, 4.69) is 16.3 Å². The molecule has 90 valence electrons. The largest absolute Gasteiger partial charge is 0.423 e. The first kappa shape index (κ1) is 11.0. The maximum Gasteiger partial charge on any atom is 0.236 e. The van der Waals surface area contributed by atoms with Gasteiger partial charge in [-0.2, -0.15) is 5.26 Å². The van der Waals surface area contributed by atoms with Crippen molar-refractivity contribution in [3.8, 4) is 6.07 Å². The van der Waals surface area contributed by atoms with Crippen LogP contribution in [0, 0.1) is 11.3 Å². The molecule has 0 radical (unpaired) electrons. The van der Waals surface area contributed by atoms with Crippen LogP contribution >= 0.6 is 0 Å². The molecule has 2 aromatic rings. The van der Waals surface area contributed by atoms with E-state index in [4.69, 9.17) is 4.42 Å². The van der Waals surface area contributed by atoms with Crippen molar-refractivity contribution in [1.82, 2.24) is 10.2 Å². The van der Waals surface area contributed by atoms with Gasteiger partial charge >= 0.3 is 0 Å². The minimum absolute atomic E-state index is 0.488. The molecule has 0 spiro atoms. The molecule has 1 heterocycles. The van der Waals surface area contributed by atoms with Crippen LogP contribution in [0.5, 0.6) is 0 Å². The van der Waals surface area contributed by atoms with Gasteiger partial charge in [-0.1, -0.05) is 30.3 Å². The maximum absolute atomic E-state index is 9.21. The van der Waals surface area contributed by atoms with Crippen LogP contribution in [0.4, 0.5) is 0 Å².